The summed E-state index contributed by atoms with van der Waals surface area (Å²) in [4.78, 5) is 16.5. The van der Waals surface area contributed by atoms with Gasteiger partial charge in [-0.25, -0.2) is 4.98 Å². The molecule has 0 aliphatic rings. The van der Waals surface area contributed by atoms with E-state index in [0.29, 0.717) is 12.2 Å². The standard InChI is InChI=1S/C22H23N3O/c1-16-7-6-8-17(2)21(16)25-19-11-12-20(24-15-19)22(26)23-14-13-18-9-4-3-5-10-18/h3-12,15,25H,13-14H2,1-2H3,(H,23,26). The normalized spacial score (nSPS) is 10.4. The maximum atomic E-state index is 12.2. The molecule has 0 aliphatic heterocycles. The van der Waals surface area contributed by atoms with Gasteiger partial charge in [-0.05, 0) is 49.1 Å². The van der Waals surface area contributed by atoms with Gasteiger partial charge >= 0.3 is 0 Å². The molecule has 1 heterocycles. The van der Waals surface area contributed by atoms with Gasteiger partial charge < -0.3 is 10.6 Å². The Labute approximate surface area is 154 Å². The lowest BCUT2D eigenvalue weighted by molar-refractivity contribution is 0.0949. The van der Waals surface area contributed by atoms with Crippen LogP contribution in [0.3, 0.4) is 0 Å². The van der Waals surface area contributed by atoms with Crippen molar-refractivity contribution in [3.05, 3.63) is 89.2 Å². The number of nitrogens with one attached hydrogen (secondary N) is 2. The summed E-state index contributed by atoms with van der Waals surface area (Å²) < 4.78 is 0. The Balaban J connectivity index is 1.57. The van der Waals surface area contributed by atoms with Crippen molar-refractivity contribution in [3.63, 3.8) is 0 Å². The Morgan fingerprint density at radius 3 is 2.31 bits per heavy atom. The fourth-order valence-corrected chi connectivity index (χ4v) is 2.81. The number of aromatic nitrogens is 1. The number of carbonyl (C=O) groups is 1. The van der Waals surface area contributed by atoms with Crippen molar-refractivity contribution in [2.24, 2.45) is 0 Å². The van der Waals surface area contributed by atoms with E-state index in [0.717, 1.165) is 17.8 Å². The fourth-order valence-electron chi connectivity index (χ4n) is 2.81. The van der Waals surface area contributed by atoms with Crippen LogP contribution in [0.4, 0.5) is 11.4 Å². The van der Waals surface area contributed by atoms with Gasteiger partial charge in [0.25, 0.3) is 5.91 Å². The molecule has 1 amide bonds. The number of para-hydroxylation sites is 1. The fraction of sp³-hybridized carbons (Fsp3) is 0.182. The van der Waals surface area contributed by atoms with Crippen molar-refractivity contribution in [2.75, 3.05) is 11.9 Å². The summed E-state index contributed by atoms with van der Waals surface area (Å²) in [6.45, 7) is 4.72. The first kappa shape index (κ1) is 17.7. The number of pyridine rings is 1. The molecule has 0 saturated heterocycles. The van der Waals surface area contributed by atoms with Crippen molar-refractivity contribution in [3.8, 4) is 0 Å². The molecule has 4 nitrogen and oxygen atoms in total. The summed E-state index contributed by atoms with van der Waals surface area (Å²) in [6.07, 6.45) is 2.50. The number of hydrogen-bond acceptors (Lipinski definition) is 3. The minimum atomic E-state index is -0.153. The van der Waals surface area contributed by atoms with Crippen LogP contribution in [0.25, 0.3) is 0 Å². The molecule has 2 N–H and O–H groups in total. The lowest BCUT2D eigenvalue weighted by Gasteiger charge is -2.12. The van der Waals surface area contributed by atoms with Crippen molar-refractivity contribution >= 4 is 17.3 Å². The van der Waals surface area contributed by atoms with Crippen molar-refractivity contribution in [1.29, 1.82) is 0 Å². The van der Waals surface area contributed by atoms with E-state index in [2.05, 4.69) is 53.7 Å². The highest BCUT2D eigenvalue weighted by atomic mass is 16.1. The van der Waals surface area contributed by atoms with E-state index in [1.807, 2.05) is 30.3 Å². The van der Waals surface area contributed by atoms with E-state index in [9.17, 15) is 4.79 Å². The first-order valence-electron chi connectivity index (χ1n) is 8.75. The third-order valence-corrected chi connectivity index (χ3v) is 4.29. The Hall–Kier alpha value is -3.14. The second-order valence-corrected chi connectivity index (χ2v) is 6.32. The van der Waals surface area contributed by atoms with Gasteiger partial charge in [0, 0.05) is 12.2 Å². The smallest absolute Gasteiger partial charge is 0.269 e. The average molecular weight is 345 g/mol. The highest BCUT2D eigenvalue weighted by molar-refractivity contribution is 5.92. The van der Waals surface area contributed by atoms with E-state index in [-0.39, 0.29) is 5.91 Å². The third kappa shape index (κ3) is 4.48. The third-order valence-electron chi connectivity index (χ3n) is 4.29. The van der Waals surface area contributed by atoms with Crippen LogP contribution in [-0.4, -0.2) is 17.4 Å². The molecule has 0 bridgehead atoms. The van der Waals surface area contributed by atoms with Crippen LogP contribution in [0.15, 0.2) is 66.9 Å². The van der Waals surface area contributed by atoms with E-state index in [1.54, 1.807) is 12.3 Å². The number of carbonyl (C=O) groups excluding carboxylic acids is 1. The molecular formula is C22H23N3O. The lowest BCUT2D eigenvalue weighted by atomic mass is 10.1. The van der Waals surface area contributed by atoms with E-state index >= 15 is 0 Å². The van der Waals surface area contributed by atoms with E-state index in [4.69, 9.17) is 0 Å². The van der Waals surface area contributed by atoms with E-state index < -0.39 is 0 Å². The minimum absolute atomic E-state index is 0.153. The number of amides is 1. The molecule has 1 aromatic heterocycles. The monoisotopic (exact) mass is 345 g/mol. The number of rotatable bonds is 6. The lowest BCUT2D eigenvalue weighted by Crippen LogP contribution is -2.26. The largest absolute Gasteiger partial charge is 0.354 e. The Morgan fingerprint density at radius 1 is 0.923 bits per heavy atom. The van der Waals surface area contributed by atoms with Gasteiger partial charge in [0.15, 0.2) is 0 Å². The quantitative estimate of drug-likeness (QED) is 0.695. The molecule has 0 spiro atoms. The predicted molar refractivity (Wildman–Crippen MR) is 106 cm³/mol. The molecule has 4 heteroatoms. The van der Waals surface area contributed by atoms with Gasteiger partial charge in [0.05, 0.1) is 11.9 Å². The van der Waals surface area contributed by atoms with Gasteiger partial charge in [-0.3, -0.25) is 4.79 Å². The molecule has 0 radical (unpaired) electrons. The molecule has 0 fully saturated rings. The molecule has 2 aromatic carbocycles. The minimum Gasteiger partial charge on any atom is -0.354 e. The number of anilines is 2. The van der Waals surface area contributed by atoms with Gasteiger partial charge in [-0.1, -0.05) is 48.5 Å². The molecule has 26 heavy (non-hydrogen) atoms. The zero-order valence-electron chi connectivity index (χ0n) is 15.1. The van der Waals surface area contributed by atoms with Crippen LogP contribution in [0.1, 0.15) is 27.2 Å². The summed E-state index contributed by atoms with van der Waals surface area (Å²) in [5.41, 5.74) is 5.91. The predicted octanol–water partition coefficient (Wildman–Crippen LogP) is 4.41. The van der Waals surface area contributed by atoms with Crippen LogP contribution < -0.4 is 10.6 Å². The van der Waals surface area contributed by atoms with E-state index in [1.165, 1.54) is 16.7 Å². The van der Waals surface area contributed by atoms with Gasteiger partial charge in [-0.2, -0.15) is 0 Å². The van der Waals surface area contributed by atoms with Crippen molar-refractivity contribution in [1.82, 2.24) is 10.3 Å². The van der Waals surface area contributed by atoms with Crippen molar-refractivity contribution in [2.45, 2.75) is 20.3 Å². The molecule has 0 saturated carbocycles. The maximum absolute atomic E-state index is 12.2. The average Bonchev–Trinajstić information content (AvgIpc) is 2.66. The summed E-state index contributed by atoms with van der Waals surface area (Å²) in [5, 5.41) is 6.29. The van der Waals surface area contributed by atoms with Crippen LogP contribution >= 0.6 is 0 Å². The highest BCUT2D eigenvalue weighted by Gasteiger charge is 2.08. The Bertz CT molecular complexity index is 853. The van der Waals surface area contributed by atoms with Crippen LogP contribution in [-0.2, 0) is 6.42 Å². The molecule has 3 rings (SSSR count). The first-order valence-corrected chi connectivity index (χ1v) is 8.75. The Morgan fingerprint density at radius 2 is 1.65 bits per heavy atom. The topological polar surface area (TPSA) is 54.0 Å². The molecule has 0 unspecified atom stereocenters. The summed E-state index contributed by atoms with van der Waals surface area (Å²) >= 11 is 0. The Kier molecular flexibility index (Phi) is 5.64. The van der Waals surface area contributed by atoms with Gasteiger partial charge in [-0.15, -0.1) is 0 Å². The summed E-state index contributed by atoms with van der Waals surface area (Å²) in [6, 6.07) is 19.9. The summed E-state index contributed by atoms with van der Waals surface area (Å²) in [5.74, 6) is -0.153. The number of nitrogens with zero attached hydrogens (tertiary/aromatic N) is 1. The molecule has 0 atom stereocenters. The van der Waals surface area contributed by atoms with Crippen molar-refractivity contribution < 1.29 is 4.79 Å². The second-order valence-electron chi connectivity index (χ2n) is 6.32. The molecule has 3 aromatic rings. The maximum Gasteiger partial charge on any atom is 0.269 e. The van der Waals surface area contributed by atoms with Gasteiger partial charge in [0.2, 0.25) is 0 Å². The molecule has 132 valence electrons. The van der Waals surface area contributed by atoms with Crippen LogP contribution in [0, 0.1) is 13.8 Å². The zero-order chi connectivity index (χ0) is 18.4. The number of hydrogen-bond donors (Lipinski definition) is 2. The summed E-state index contributed by atoms with van der Waals surface area (Å²) in [7, 11) is 0. The van der Waals surface area contributed by atoms with Crippen LogP contribution in [0.2, 0.25) is 0 Å². The SMILES string of the molecule is Cc1cccc(C)c1Nc1ccc(C(=O)NCCc2ccccc2)nc1. The first-order chi connectivity index (χ1) is 12.6. The number of benzene rings is 2. The number of aryl methyl sites for hydroxylation is 2. The second kappa shape index (κ2) is 8.30. The molecular weight excluding hydrogens is 322 g/mol. The van der Waals surface area contributed by atoms with Gasteiger partial charge in [0.1, 0.15) is 5.69 Å². The highest BCUT2D eigenvalue weighted by Crippen LogP contribution is 2.23. The van der Waals surface area contributed by atoms with Crippen LogP contribution in [0.5, 0.6) is 0 Å². The zero-order valence-corrected chi connectivity index (χ0v) is 15.1. The molecule has 0 aliphatic carbocycles.